The first-order valence-corrected chi connectivity index (χ1v) is 8.08. The minimum Gasteiger partial charge on any atom is -0.548 e. The van der Waals surface area contributed by atoms with Gasteiger partial charge in [-0.05, 0) is 42.8 Å². The largest absolute Gasteiger partial charge is 1.00 e. The summed E-state index contributed by atoms with van der Waals surface area (Å²) >= 11 is 1.54. The fourth-order valence-electron chi connectivity index (χ4n) is 3.26. The summed E-state index contributed by atoms with van der Waals surface area (Å²) in [6.45, 7) is 0.0771. The third-order valence-electron chi connectivity index (χ3n) is 4.37. The van der Waals surface area contributed by atoms with Crippen molar-refractivity contribution in [1.29, 1.82) is 0 Å². The van der Waals surface area contributed by atoms with Gasteiger partial charge in [-0.15, -0.1) is 11.3 Å². The Morgan fingerprint density at radius 3 is 2.83 bits per heavy atom. The Labute approximate surface area is 180 Å². The Hall–Kier alpha value is -0.284. The molecule has 116 valence electrons. The number of carboxylic acids is 1. The summed E-state index contributed by atoms with van der Waals surface area (Å²) in [6.07, 6.45) is 0.918. The zero-order chi connectivity index (χ0) is 15.7. The number of aliphatic hydroxyl groups is 1. The molecule has 1 N–H and O–H groups in total. The molecular formula is C16H16KNO4S. The molecule has 0 spiro atoms. The Bertz CT molecular complexity index is 732. The standard InChI is InChI=1S/C16H17NO4S.K/c18-9-7-16(15(20)21)6-2-8-17(16)14(19)12-3-1-4-13-11(12)5-10-22-13;/h1,3-5,10,18H,2,6-9H2,(H,20,21);/q;+1/p-1. The van der Waals surface area contributed by atoms with Crippen molar-refractivity contribution in [3.8, 4) is 0 Å². The number of aliphatic carboxylic acids is 1. The average molecular weight is 357 g/mol. The zero-order valence-corrected chi connectivity index (χ0v) is 16.9. The zero-order valence-electron chi connectivity index (χ0n) is 12.9. The number of carboxylic acid groups (broad SMARTS) is 1. The minimum atomic E-state index is -1.40. The van der Waals surface area contributed by atoms with E-state index in [1.165, 1.54) is 16.2 Å². The number of hydrogen-bond acceptors (Lipinski definition) is 5. The smallest absolute Gasteiger partial charge is 0.548 e. The van der Waals surface area contributed by atoms with Gasteiger partial charge in [0, 0.05) is 28.8 Å². The minimum absolute atomic E-state index is 0. The second-order valence-corrected chi connectivity index (χ2v) is 6.44. The number of carbonyl (C=O) groups excluding carboxylic acids is 2. The summed E-state index contributed by atoms with van der Waals surface area (Å²) in [5.74, 6) is -1.59. The predicted molar refractivity (Wildman–Crippen MR) is 81.5 cm³/mol. The molecule has 2 aromatic rings. The molecule has 23 heavy (non-hydrogen) atoms. The number of rotatable bonds is 4. The quantitative estimate of drug-likeness (QED) is 0.643. The topological polar surface area (TPSA) is 80.7 Å². The van der Waals surface area contributed by atoms with Gasteiger partial charge in [0.25, 0.3) is 5.91 Å². The molecule has 5 nitrogen and oxygen atoms in total. The Morgan fingerprint density at radius 2 is 2.13 bits per heavy atom. The molecule has 1 amide bonds. The molecule has 1 fully saturated rings. The van der Waals surface area contributed by atoms with Crippen molar-refractivity contribution in [2.45, 2.75) is 24.8 Å². The molecule has 1 unspecified atom stereocenters. The Kier molecular flexibility index (Phi) is 6.40. The van der Waals surface area contributed by atoms with Gasteiger partial charge in [0.15, 0.2) is 0 Å². The van der Waals surface area contributed by atoms with Crippen LogP contribution in [0.2, 0.25) is 0 Å². The molecular weight excluding hydrogens is 341 g/mol. The summed E-state index contributed by atoms with van der Waals surface area (Å²) in [4.78, 5) is 25.9. The molecule has 1 aromatic carbocycles. The van der Waals surface area contributed by atoms with E-state index in [9.17, 15) is 19.8 Å². The van der Waals surface area contributed by atoms with E-state index in [2.05, 4.69) is 0 Å². The second-order valence-electron chi connectivity index (χ2n) is 5.49. The summed E-state index contributed by atoms with van der Waals surface area (Å²) in [6, 6.07) is 7.32. The molecule has 1 aliphatic rings. The van der Waals surface area contributed by atoms with Crippen LogP contribution in [-0.2, 0) is 4.79 Å². The van der Waals surface area contributed by atoms with Crippen LogP contribution >= 0.6 is 11.3 Å². The summed E-state index contributed by atoms with van der Waals surface area (Å²) in [5, 5.41) is 23.6. The average Bonchev–Trinajstić information content (AvgIpc) is 3.13. The molecule has 0 bridgehead atoms. The normalized spacial score (nSPS) is 20.5. The molecule has 1 aromatic heterocycles. The van der Waals surface area contributed by atoms with Gasteiger partial charge in [0.1, 0.15) is 0 Å². The number of thiophene rings is 1. The van der Waals surface area contributed by atoms with Crippen LogP contribution in [0.5, 0.6) is 0 Å². The fraction of sp³-hybridized carbons (Fsp3) is 0.375. The van der Waals surface area contributed by atoms with Crippen LogP contribution in [0.3, 0.4) is 0 Å². The van der Waals surface area contributed by atoms with E-state index in [0.717, 1.165) is 10.1 Å². The first-order chi connectivity index (χ1) is 10.6. The van der Waals surface area contributed by atoms with Crippen molar-refractivity contribution < 1.29 is 71.2 Å². The van der Waals surface area contributed by atoms with Gasteiger partial charge in [-0.3, -0.25) is 4.79 Å². The van der Waals surface area contributed by atoms with Crippen molar-refractivity contribution in [3.63, 3.8) is 0 Å². The Balaban J connectivity index is 0.00000192. The molecule has 2 heterocycles. The van der Waals surface area contributed by atoms with Gasteiger partial charge >= 0.3 is 51.4 Å². The van der Waals surface area contributed by atoms with Gasteiger partial charge in [-0.2, -0.15) is 0 Å². The van der Waals surface area contributed by atoms with Crippen molar-refractivity contribution in [2.24, 2.45) is 0 Å². The number of hydrogen-bond donors (Lipinski definition) is 1. The molecule has 0 aliphatic carbocycles. The number of amides is 1. The molecule has 7 heteroatoms. The van der Waals surface area contributed by atoms with E-state index < -0.39 is 11.5 Å². The van der Waals surface area contributed by atoms with Crippen LogP contribution < -0.4 is 56.5 Å². The van der Waals surface area contributed by atoms with Crippen molar-refractivity contribution >= 4 is 33.3 Å². The van der Waals surface area contributed by atoms with Crippen LogP contribution in [0, 0.1) is 0 Å². The number of nitrogens with zero attached hydrogens (tertiary/aromatic N) is 1. The van der Waals surface area contributed by atoms with E-state index in [1.54, 1.807) is 12.1 Å². The van der Waals surface area contributed by atoms with Gasteiger partial charge in [0.2, 0.25) is 0 Å². The molecule has 0 radical (unpaired) electrons. The van der Waals surface area contributed by atoms with E-state index in [4.69, 9.17) is 0 Å². The maximum atomic E-state index is 12.9. The van der Waals surface area contributed by atoms with Crippen molar-refractivity contribution in [3.05, 3.63) is 35.2 Å². The van der Waals surface area contributed by atoms with Crippen LogP contribution in [-0.4, -0.2) is 40.6 Å². The third kappa shape index (κ3) is 3.28. The molecule has 0 saturated carbocycles. The first kappa shape index (κ1) is 19.0. The van der Waals surface area contributed by atoms with Crippen LogP contribution in [0.15, 0.2) is 29.6 Å². The maximum Gasteiger partial charge on any atom is 1.00 e. The monoisotopic (exact) mass is 357 g/mol. The maximum absolute atomic E-state index is 12.9. The second kappa shape index (κ2) is 7.73. The summed E-state index contributed by atoms with van der Waals surface area (Å²) < 4.78 is 0.992. The third-order valence-corrected chi connectivity index (χ3v) is 5.25. The van der Waals surface area contributed by atoms with E-state index in [-0.39, 0.29) is 70.3 Å². The van der Waals surface area contributed by atoms with E-state index in [1.807, 2.05) is 17.5 Å². The molecule has 1 aliphatic heterocycles. The fourth-order valence-corrected chi connectivity index (χ4v) is 4.07. The summed E-state index contributed by atoms with van der Waals surface area (Å²) in [7, 11) is 0. The molecule has 1 atom stereocenters. The van der Waals surface area contributed by atoms with Crippen LogP contribution in [0.25, 0.3) is 10.1 Å². The predicted octanol–water partition coefficient (Wildman–Crippen LogP) is -1.99. The van der Waals surface area contributed by atoms with Crippen LogP contribution in [0.1, 0.15) is 29.6 Å². The SMILES string of the molecule is O=C(c1cccc2sccc12)N1CCCC1(CCO)C(=O)[O-].[K+]. The van der Waals surface area contributed by atoms with Crippen LogP contribution in [0.4, 0.5) is 0 Å². The molecule has 3 rings (SSSR count). The van der Waals surface area contributed by atoms with E-state index in [0.29, 0.717) is 24.9 Å². The van der Waals surface area contributed by atoms with Gasteiger partial charge in [-0.1, -0.05) is 6.07 Å². The Morgan fingerprint density at radius 1 is 1.35 bits per heavy atom. The number of likely N-dealkylation sites (tertiary alicyclic amines) is 1. The van der Waals surface area contributed by atoms with E-state index >= 15 is 0 Å². The number of fused-ring (bicyclic) bond motifs is 1. The number of aliphatic hydroxyl groups excluding tert-OH is 1. The van der Waals surface area contributed by atoms with Crippen molar-refractivity contribution in [1.82, 2.24) is 4.90 Å². The summed E-state index contributed by atoms with van der Waals surface area (Å²) in [5.41, 5.74) is -0.895. The first-order valence-electron chi connectivity index (χ1n) is 7.21. The van der Waals surface area contributed by atoms with Crippen molar-refractivity contribution in [2.75, 3.05) is 13.2 Å². The van der Waals surface area contributed by atoms with Gasteiger partial charge in [-0.25, -0.2) is 0 Å². The van der Waals surface area contributed by atoms with Gasteiger partial charge < -0.3 is 19.9 Å². The number of carbonyl (C=O) groups is 2. The molecule has 1 saturated heterocycles. The number of benzene rings is 1. The van der Waals surface area contributed by atoms with Gasteiger partial charge in [0.05, 0.1) is 11.5 Å².